The van der Waals surface area contributed by atoms with Gasteiger partial charge in [0.15, 0.2) is 0 Å². The highest BCUT2D eigenvalue weighted by Gasteiger charge is 2.93. The van der Waals surface area contributed by atoms with E-state index in [0.717, 1.165) is 0 Å². The first-order valence-corrected chi connectivity index (χ1v) is 14.3. The second-order valence-corrected chi connectivity index (χ2v) is 11.2. The van der Waals surface area contributed by atoms with Crippen LogP contribution in [0.25, 0.3) is 0 Å². The summed E-state index contributed by atoms with van der Waals surface area (Å²) in [6.07, 6.45) is -3.64. The number of benzene rings is 2. The van der Waals surface area contributed by atoms with Gasteiger partial charge in [-0.15, -0.1) is 0 Å². The highest BCUT2D eigenvalue weighted by atomic mass is 16.5. The zero-order valence-corrected chi connectivity index (χ0v) is 24.0. The Morgan fingerprint density at radius 3 is 1.43 bits per heavy atom. The van der Waals surface area contributed by atoms with Crippen molar-refractivity contribution in [2.24, 2.45) is 0 Å². The summed E-state index contributed by atoms with van der Waals surface area (Å²) >= 11 is 0. The van der Waals surface area contributed by atoms with Crippen LogP contribution in [-0.2, 0) is 0 Å². The lowest BCUT2D eigenvalue weighted by Crippen LogP contribution is -2.99. The summed E-state index contributed by atoms with van der Waals surface area (Å²) in [5, 5.41) is 104. The Balaban J connectivity index is 1.65. The fraction of sp³-hybridized carbons (Fsp3) is 0.533. The summed E-state index contributed by atoms with van der Waals surface area (Å²) in [7, 11) is 0. The van der Waals surface area contributed by atoms with E-state index in [4.69, 9.17) is 0 Å². The predicted octanol–water partition coefficient (Wildman–Crippen LogP) is -3.66. The van der Waals surface area contributed by atoms with Crippen molar-refractivity contribution >= 4 is 11.8 Å². The minimum Gasteiger partial charge on any atom is -0.395 e. The molecule has 0 spiro atoms. The summed E-state index contributed by atoms with van der Waals surface area (Å²) in [4.78, 5) is 28.1. The molecule has 2 aromatic carbocycles. The van der Waals surface area contributed by atoms with Crippen LogP contribution in [0.1, 0.15) is 43.7 Å². The van der Waals surface area contributed by atoms with Crippen LogP contribution >= 0.6 is 0 Å². The van der Waals surface area contributed by atoms with Crippen LogP contribution < -0.4 is 0 Å². The Labute approximate surface area is 253 Å². The van der Waals surface area contributed by atoms with Crippen LogP contribution in [0.5, 0.6) is 0 Å². The van der Waals surface area contributed by atoms with Crippen molar-refractivity contribution in [1.29, 1.82) is 0 Å². The maximum absolute atomic E-state index is 12.8. The molecular formula is C30H40N2O12. The second-order valence-electron chi connectivity index (χ2n) is 11.2. The largest absolute Gasteiger partial charge is 0.395 e. The van der Waals surface area contributed by atoms with Crippen LogP contribution in [0.4, 0.5) is 0 Å². The van der Waals surface area contributed by atoms with E-state index in [9.17, 15) is 60.7 Å². The number of rotatable bonds is 14. The van der Waals surface area contributed by atoms with E-state index in [0.29, 0.717) is 0 Å². The summed E-state index contributed by atoms with van der Waals surface area (Å²) in [5.41, 5.74) is -6.82. The standard InChI is InChI=1S/C30H40N2O12/c33-13-9-31(10-14-34)26(40)20-5-1-18(2-6-20)23-25(39)29(43)24(28(42,22(38)17-37)30(23,29)44)19-3-7-21(8-4-19)27(41)32(11-15-35)12-16-36/h1-8,22-25,33-39,42-44H,9-17H2/t22-,23?,24?,25?,28+,29+,30+/m1/s1. The van der Waals surface area contributed by atoms with Gasteiger partial charge in [0.05, 0.1) is 45.1 Å². The average molecular weight is 621 g/mol. The minimum atomic E-state index is -2.57. The summed E-state index contributed by atoms with van der Waals surface area (Å²) in [6.45, 7) is -2.36. The Morgan fingerprint density at radius 2 is 1.07 bits per heavy atom. The van der Waals surface area contributed by atoms with Crippen molar-refractivity contribution in [2.45, 2.75) is 40.8 Å². The first kappa shape index (κ1) is 33.9. The van der Waals surface area contributed by atoms with Gasteiger partial charge in [0.25, 0.3) is 11.8 Å². The lowest BCUT2D eigenvalue weighted by Gasteiger charge is -2.80. The van der Waals surface area contributed by atoms with E-state index in [1.54, 1.807) is 0 Å². The van der Waals surface area contributed by atoms with Crippen LogP contribution in [-0.4, -0.2) is 161 Å². The molecule has 10 N–H and O–H groups in total. The van der Waals surface area contributed by atoms with E-state index < -0.39 is 59.3 Å². The third-order valence-electron chi connectivity index (χ3n) is 9.06. The minimum absolute atomic E-state index is 0.0124. The first-order valence-electron chi connectivity index (χ1n) is 14.3. The van der Waals surface area contributed by atoms with Gasteiger partial charge >= 0.3 is 0 Å². The molecule has 14 nitrogen and oxygen atoms in total. The Kier molecular flexibility index (Phi) is 10.1. The normalized spacial score (nSPS) is 29.6. The lowest BCUT2D eigenvalue weighted by atomic mass is 9.30. The number of carbonyl (C=O) groups excluding carboxylic acids is 2. The summed E-state index contributed by atoms with van der Waals surface area (Å²) in [5.74, 6) is -3.85. The third kappa shape index (κ3) is 4.91. The molecule has 0 radical (unpaired) electrons. The SMILES string of the molecule is O=C(c1ccc(C2C(O)[C@@]3(O)C(c4ccc(C(=O)N(CCO)CCO)cc4)[C@@](O)([C@H](O)CO)[C@@]23O)cc1)N(CCO)CCO. The zero-order valence-electron chi connectivity index (χ0n) is 24.0. The van der Waals surface area contributed by atoms with E-state index in [-0.39, 0.29) is 74.9 Å². The number of hydrogen-bond acceptors (Lipinski definition) is 12. The van der Waals surface area contributed by atoms with Gasteiger partial charge in [0, 0.05) is 43.2 Å². The molecule has 0 saturated heterocycles. The van der Waals surface area contributed by atoms with Gasteiger partial charge in [-0.3, -0.25) is 9.59 Å². The van der Waals surface area contributed by atoms with Crippen molar-refractivity contribution in [3.8, 4) is 0 Å². The van der Waals surface area contributed by atoms with Gasteiger partial charge in [-0.1, -0.05) is 24.3 Å². The van der Waals surface area contributed by atoms with Crippen molar-refractivity contribution in [2.75, 3.05) is 59.2 Å². The number of aliphatic hydroxyl groups excluding tert-OH is 7. The molecule has 2 aliphatic rings. The molecule has 3 unspecified atom stereocenters. The molecule has 2 saturated carbocycles. The van der Waals surface area contributed by atoms with Crippen LogP contribution in [0.3, 0.4) is 0 Å². The van der Waals surface area contributed by atoms with Gasteiger partial charge in [-0.2, -0.15) is 0 Å². The van der Waals surface area contributed by atoms with Crippen LogP contribution in [0, 0.1) is 0 Å². The molecule has 0 aromatic heterocycles. The number of aliphatic hydroxyl groups is 10. The molecule has 2 aliphatic carbocycles. The first-order chi connectivity index (χ1) is 20.9. The van der Waals surface area contributed by atoms with Crippen molar-refractivity contribution in [3.63, 3.8) is 0 Å². The maximum Gasteiger partial charge on any atom is 0.254 e. The molecule has 0 heterocycles. The molecule has 2 fully saturated rings. The van der Waals surface area contributed by atoms with E-state index in [2.05, 4.69) is 0 Å². The number of amides is 2. The number of fused-ring (bicyclic) bond motifs is 1. The predicted molar refractivity (Wildman–Crippen MR) is 152 cm³/mol. The molecule has 7 atom stereocenters. The third-order valence-corrected chi connectivity index (χ3v) is 9.06. The number of hydrogen-bond donors (Lipinski definition) is 10. The Morgan fingerprint density at radius 1 is 0.682 bits per heavy atom. The number of carbonyl (C=O) groups is 2. The molecular weight excluding hydrogens is 580 g/mol. The van der Waals surface area contributed by atoms with Gasteiger partial charge in [0.1, 0.15) is 22.9 Å². The number of nitrogens with zero attached hydrogens (tertiary/aromatic N) is 2. The monoisotopic (exact) mass is 620 g/mol. The van der Waals surface area contributed by atoms with Crippen LogP contribution in [0.2, 0.25) is 0 Å². The fourth-order valence-corrected chi connectivity index (χ4v) is 6.95. The average Bonchev–Trinajstić information content (AvgIpc) is 3.03. The van der Waals surface area contributed by atoms with Crippen molar-refractivity contribution < 1.29 is 60.7 Å². The van der Waals surface area contributed by atoms with Gasteiger partial charge < -0.3 is 60.9 Å². The Hall–Kier alpha value is -3.02. The fourth-order valence-electron chi connectivity index (χ4n) is 6.95. The smallest absolute Gasteiger partial charge is 0.254 e. The molecule has 14 heteroatoms. The van der Waals surface area contributed by atoms with Crippen molar-refractivity contribution in [1.82, 2.24) is 9.80 Å². The Bertz CT molecular complexity index is 1300. The highest BCUT2D eigenvalue weighted by Crippen LogP contribution is 2.75. The van der Waals surface area contributed by atoms with E-state index in [1.807, 2.05) is 0 Å². The van der Waals surface area contributed by atoms with Gasteiger partial charge in [-0.25, -0.2) is 0 Å². The molecule has 0 bridgehead atoms. The summed E-state index contributed by atoms with van der Waals surface area (Å²) in [6, 6.07) is 11.0. The van der Waals surface area contributed by atoms with Crippen molar-refractivity contribution in [3.05, 3.63) is 70.8 Å². The summed E-state index contributed by atoms with van der Waals surface area (Å²) < 4.78 is 0. The molecule has 242 valence electrons. The maximum atomic E-state index is 12.8. The van der Waals surface area contributed by atoms with E-state index >= 15 is 0 Å². The quantitative estimate of drug-likeness (QED) is 0.0983. The highest BCUT2D eigenvalue weighted by molar-refractivity contribution is 5.95. The van der Waals surface area contributed by atoms with Crippen LogP contribution in [0.15, 0.2) is 48.5 Å². The molecule has 44 heavy (non-hydrogen) atoms. The second kappa shape index (κ2) is 13.1. The van der Waals surface area contributed by atoms with Gasteiger partial charge in [0.2, 0.25) is 0 Å². The zero-order chi connectivity index (χ0) is 32.4. The molecule has 2 amide bonds. The lowest BCUT2D eigenvalue weighted by molar-refractivity contribution is -0.459. The molecule has 2 aromatic rings. The van der Waals surface area contributed by atoms with Gasteiger partial charge in [-0.05, 0) is 35.4 Å². The molecule has 0 aliphatic heterocycles. The topological polar surface area (TPSA) is 243 Å². The molecule has 4 rings (SSSR count). The van der Waals surface area contributed by atoms with E-state index in [1.165, 1.54) is 58.3 Å².